The predicted molar refractivity (Wildman–Crippen MR) is 59.9 cm³/mol. The topological polar surface area (TPSA) is 72.2 Å². The minimum atomic E-state index is -3.31. The molecule has 1 aromatic rings. The summed E-state index contributed by atoms with van der Waals surface area (Å²) in [5.41, 5.74) is 6.26. The van der Waals surface area contributed by atoms with Crippen molar-refractivity contribution >= 4 is 15.7 Å². The molecule has 1 aliphatic rings. The van der Waals surface area contributed by atoms with Crippen LogP contribution in [0.3, 0.4) is 0 Å². The summed E-state index contributed by atoms with van der Waals surface area (Å²) < 4.78 is 38.7. The second-order valence-electron chi connectivity index (χ2n) is 3.85. The summed E-state index contributed by atoms with van der Waals surface area (Å²) in [5, 5.41) is -0.303. The maximum Gasteiger partial charge on any atom is 0.235 e. The van der Waals surface area contributed by atoms with E-state index in [1.165, 1.54) is 18.2 Å². The summed E-state index contributed by atoms with van der Waals surface area (Å²) in [5.74, 6) is -0.421. The Morgan fingerprint density at radius 2 is 2.12 bits per heavy atom. The molecule has 0 bridgehead atoms. The van der Waals surface area contributed by atoms with E-state index in [1.807, 2.05) is 0 Å². The first-order valence-electron chi connectivity index (χ1n) is 5.03. The molecule has 16 heavy (non-hydrogen) atoms. The summed E-state index contributed by atoms with van der Waals surface area (Å²) in [6.07, 6.45) is 1.38. The van der Waals surface area contributed by atoms with Gasteiger partial charge in [-0.3, -0.25) is 4.72 Å². The molecule has 1 aliphatic carbocycles. The van der Waals surface area contributed by atoms with Gasteiger partial charge >= 0.3 is 0 Å². The predicted octanol–water partition coefficient (Wildman–Crippen LogP) is 1.19. The molecule has 0 atom stereocenters. The molecule has 3 N–H and O–H groups in total. The Hall–Kier alpha value is -1.14. The Balaban J connectivity index is 2.27. The maximum atomic E-state index is 12.9. The first-order chi connectivity index (χ1) is 7.53. The van der Waals surface area contributed by atoms with Crippen LogP contribution in [0.25, 0.3) is 0 Å². The largest absolute Gasteiger partial charge is 0.326 e. The zero-order valence-electron chi connectivity index (χ0n) is 8.61. The molecular weight excluding hydrogens is 231 g/mol. The number of sulfonamides is 1. The Bertz CT molecular complexity index is 498. The van der Waals surface area contributed by atoms with Gasteiger partial charge in [0.25, 0.3) is 0 Å². The van der Waals surface area contributed by atoms with Crippen molar-refractivity contribution in [3.05, 3.63) is 29.6 Å². The Kier molecular flexibility index (Phi) is 2.86. The van der Waals surface area contributed by atoms with E-state index >= 15 is 0 Å². The van der Waals surface area contributed by atoms with E-state index in [-0.39, 0.29) is 11.8 Å². The lowest BCUT2D eigenvalue weighted by atomic mass is 10.2. The van der Waals surface area contributed by atoms with E-state index in [1.54, 1.807) is 0 Å². The summed E-state index contributed by atoms with van der Waals surface area (Å²) >= 11 is 0. The lowest BCUT2D eigenvalue weighted by Gasteiger charge is -2.10. The first-order valence-corrected chi connectivity index (χ1v) is 6.57. The van der Waals surface area contributed by atoms with Gasteiger partial charge in [-0.2, -0.15) is 0 Å². The molecule has 1 aromatic carbocycles. The van der Waals surface area contributed by atoms with Crippen LogP contribution in [-0.2, 0) is 16.6 Å². The number of hydrogen-bond acceptors (Lipinski definition) is 3. The standard InChI is InChI=1S/C10H13FN2O2S/c11-8-1-4-10(7(5-8)6-12)13-16(14,15)9-2-3-9/h1,4-5,9,13H,2-3,6,12H2. The van der Waals surface area contributed by atoms with E-state index < -0.39 is 15.8 Å². The van der Waals surface area contributed by atoms with Crippen molar-refractivity contribution < 1.29 is 12.8 Å². The van der Waals surface area contributed by atoms with Crippen LogP contribution < -0.4 is 10.5 Å². The highest BCUT2D eigenvalue weighted by atomic mass is 32.2. The van der Waals surface area contributed by atoms with E-state index in [0.717, 1.165) is 0 Å². The molecule has 0 aromatic heterocycles. The fourth-order valence-corrected chi connectivity index (χ4v) is 2.87. The van der Waals surface area contributed by atoms with Crippen LogP contribution in [-0.4, -0.2) is 13.7 Å². The van der Waals surface area contributed by atoms with Crippen LogP contribution in [0.5, 0.6) is 0 Å². The van der Waals surface area contributed by atoms with Gasteiger partial charge in [-0.25, -0.2) is 12.8 Å². The fourth-order valence-electron chi connectivity index (χ4n) is 1.45. The molecule has 1 fully saturated rings. The average molecular weight is 244 g/mol. The van der Waals surface area contributed by atoms with E-state index in [2.05, 4.69) is 4.72 Å². The molecule has 0 saturated heterocycles. The molecule has 6 heteroatoms. The maximum absolute atomic E-state index is 12.9. The molecule has 88 valence electrons. The molecular formula is C10H13FN2O2S. The van der Waals surface area contributed by atoms with E-state index in [0.29, 0.717) is 24.1 Å². The van der Waals surface area contributed by atoms with E-state index in [4.69, 9.17) is 5.73 Å². The van der Waals surface area contributed by atoms with Gasteiger partial charge in [0.2, 0.25) is 10.0 Å². The lowest BCUT2D eigenvalue weighted by Crippen LogP contribution is -2.19. The number of nitrogens with one attached hydrogen (secondary N) is 1. The third-order valence-corrected chi connectivity index (χ3v) is 4.36. The van der Waals surface area contributed by atoms with Gasteiger partial charge in [-0.15, -0.1) is 0 Å². The number of rotatable bonds is 4. The van der Waals surface area contributed by atoms with Gasteiger partial charge in [0.15, 0.2) is 0 Å². The molecule has 0 aliphatic heterocycles. The molecule has 4 nitrogen and oxygen atoms in total. The van der Waals surface area contributed by atoms with Crippen LogP contribution in [0, 0.1) is 5.82 Å². The number of hydrogen-bond donors (Lipinski definition) is 2. The van der Waals surface area contributed by atoms with Crippen molar-refractivity contribution in [1.82, 2.24) is 0 Å². The smallest absolute Gasteiger partial charge is 0.235 e. The van der Waals surface area contributed by atoms with Gasteiger partial charge in [0.1, 0.15) is 5.82 Å². The number of halogens is 1. The van der Waals surface area contributed by atoms with Gasteiger partial charge < -0.3 is 5.73 Å². The van der Waals surface area contributed by atoms with Crippen LogP contribution >= 0.6 is 0 Å². The lowest BCUT2D eigenvalue weighted by molar-refractivity contribution is 0.599. The van der Waals surface area contributed by atoms with Gasteiger partial charge in [0.05, 0.1) is 10.9 Å². The second kappa shape index (κ2) is 4.03. The molecule has 1 saturated carbocycles. The van der Waals surface area contributed by atoms with Crippen molar-refractivity contribution in [2.45, 2.75) is 24.6 Å². The summed E-state index contributed by atoms with van der Waals surface area (Å²) in [7, 11) is -3.31. The van der Waals surface area contributed by atoms with Crippen LogP contribution in [0.15, 0.2) is 18.2 Å². The Morgan fingerprint density at radius 1 is 1.44 bits per heavy atom. The van der Waals surface area contributed by atoms with Crippen molar-refractivity contribution in [3.8, 4) is 0 Å². The Labute approximate surface area is 93.7 Å². The second-order valence-corrected chi connectivity index (χ2v) is 5.81. The molecule has 0 unspecified atom stereocenters. The van der Waals surface area contributed by atoms with Crippen molar-refractivity contribution in [3.63, 3.8) is 0 Å². The highest BCUT2D eigenvalue weighted by Gasteiger charge is 2.35. The SMILES string of the molecule is NCc1cc(F)ccc1NS(=O)(=O)C1CC1. The van der Waals surface area contributed by atoms with E-state index in [9.17, 15) is 12.8 Å². The van der Waals surface area contributed by atoms with Crippen molar-refractivity contribution in [2.75, 3.05) is 4.72 Å². The highest BCUT2D eigenvalue weighted by Crippen LogP contribution is 2.30. The van der Waals surface area contributed by atoms with Crippen LogP contribution in [0.4, 0.5) is 10.1 Å². The zero-order valence-corrected chi connectivity index (χ0v) is 9.43. The average Bonchev–Trinajstić information content (AvgIpc) is 3.04. The van der Waals surface area contributed by atoms with Gasteiger partial charge in [-0.05, 0) is 36.6 Å². The third-order valence-electron chi connectivity index (χ3n) is 2.50. The van der Waals surface area contributed by atoms with Crippen LogP contribution in [0.2, 0.25) is 0 Å². The van der Waals surface area contributed by atoms with Crippen molar-refractivity contribution in [1.29, 1.82) is 0 Å². The summed E-state index contributed by atoms with van der Waals surface area (Å²) in [6, 6.07) is 3.85. The molecule has 0 spiro atoms. The normalized spacial score (nSPS) is 16.1. The third kappa shape index (κ3) is 2.33. The highest BCUT2D eigenvalue weighted by molar-refractivity contribution is 7.93. The van der Waals surface area contributed by atoms with Crippen molar-refractivity contribution in [2.24, 2.45) is 5.73 Å². The number of nitrogens with two attached hydrogens (primary N) is 1. The minimum absolute atomic E-state index is 0.0975. The number of benzene rings is 1. The molecule has 0 heterocycles. The molecule has 2 rings (SSSR count). The number of anilines is 1. The van der Waals surface area contributed by atoms with Crippen LogP contribution in [0.1, 0.15) is 18.4 Å². The quantitative estimate of drug-likeness (QED) is 0.835. The monoisotopic (exact) mass is 244 g/mol. The van der Waals surface area contributed by atoms with Gasteiger partial charge in [-0.1, -0.05) is 0 Å². The fraction of sp³-hybridized carbons (Fsp3) is 0.400. The molecule has 0 amide bonds. The zero-order chi connectivity index (χ0) is 11.8. The van der Waals surface area contributed by atoms with Gasteiger partial charge in [0, 0.05) is 6.54 Å². The summed E-state index contributed by atoms with van der Waals surface area (Å²) in [4.78, 5) is 0. The minimum Gasteiger partial charge on any atom is -0.326 e. The first kappa shape index (κ1) is 11.3. The molecule has 0 radical (unpaired) electrons. The Morgan fingerprint density at radius 3 is 2.69 bits per heavy atom. The summed E-state index contributed by atoms with van der Waals surface area (Å²) in [6.45, 7) is 0.0975.